The molecule has 0 saturated heterocycles. The molecular formula is C15H22N2O3. The Labute approximate surface area is 119 Å². The molecular weight excluding hydrogens is 256 g/mol. The molecule has 2 bridgehead atoms. The molecule has 110 valence electrons. The van der Waals surface area contributed by atoms with Gasteiger partial charge in [0.05, 0.1) is 0 Å². The number of carbonyl (C=O) groups excluding carboxylic acids is 1. The van der Waals surface area contributed by atoms with Crippen LogP contribution in [0.25, 0.3) is 0 Å². The maximum absolute atomic E-state index is 11.9. The predicted octanol–water partition coefficient (Wildman–Crippen LogP) is 3.23. The fraction of sp³-hybridized carbons (Fsp3) is 0.733. The lowest BCUT2D eigenvalue weighted by atomic mass is 9.98. The highest BCUT2D eigenvalue weighted by Crippen LogP contribution is 2.45. The quantitative estimate of drug-likeness (QED) is 0.833. The van der Waals surface area contributed by atoms with E-state index in [9.17, 15) is 4.79 Å². The van der Waals surface area contributed by atoms with Gasteiger partial charge in [0.15, 0.2) is 0 Å². The van der Waals surface area contributed by atoms with E-state index in [1.54, 1.807) is 12.3 Å². The summed E-state index contributed by atoms with van der Waals surface area (Å²) in [7, 11) is 0. The number of aromatic nitrogens is 2. The first-order valence-electron chi connectivity index (χ1n) is 7.36. The first-order chi connectivity index (χ1) is 9.40. The van der Waals surface area contributed by atoms with Crippen LogP contribution in [0, 0.1) is 11.8 Å². The Morgan fingerprint density at radius 1 is 1.35 bits per heavy atom. The van der Waals surface area contributed by atoms with Gasteiger partial charge in [0, 0.05) is 12.3 Å². The summed E-state index contributed by atoms with van der Waals surface area (Å²) in [5.74, 6) is 2.03. The van der Waals surface area contributed by atoms with Gasteiger partial charge in [-0.15, -0.1) is 5.10 Å². The van der Waals surface area contributed by atoms with Crippen molar-refractivity contribution in [2.24, 2.45) is 11.8 Å². The number of hydrogen-bond donors (Lipinski definition) is 0. The van der Waals surface area contributed by atoms with Crippen LogP contribution >= 0.6 is 0 Å². The molecule has 3 atom stereocenters. The van der Waals surface area contributed by atoms with E-state index in [-0.39, 0.29) is 6.10 Å². The minimum Gasteiger partial charge on any atom is -0.473 e. The van der Waals surface area contributed by atoms with Crippen molar-refractivity contribution in [2.45, 2.75) is 58.2 Å². The van der Waals surface area contributed by atoms with Crippen LogP contribution in [0.4, 0.5) is 4.79 Å². The Balaban J connectivity index is 1.61. The van der Waals surface area contributed by atoms with Crippen LogP contribution in [-0.2, 0) is 4.74 Å². The molecule has 0 unspecified atom stereocenters. The second-order valence-electron chi connectivity index (χ2n) is 6.91. The van der Waals surface area contributed by atoms with Crippen LogP contribution in [0.15, 0.2) is 12.3 Å². The minimum absolute atomic E-state index is 0.274. The van der Waals surface area contributed by atoms with E-state index in [1.165, 1.54) is 23.9 Å². The van der Waals surface area contributed by atoms with Gasteiger partial charge in [0.2, 0.25) is 5.88 Å². The van der Waals surface area contributed by atoms with Crippen molar-refractivity contribution in [3.8, 4) is 5.88 Å². The number of nitrogens with zero attached hydrogens (tertiary/aromatic N) is 2. The normalized spacial score (nSPS) is 28.6. The zero-order valence-electron chi connectivity index (χ0n) is 12.3. The van der Waals surface area contributed by atoms with Crippen LogP contribution in [0.2, 0.25) is 0 Å². The molecule has 3 rings (SSSR count). The average molecular weight is 278 g/mol. The molecule has 2 saturated carbocycles. The van der Waals surface area contributed by atoms with Gasteiger partial charge in [-0.2, -0.15) is 4.68 Å². The van der Waals surface area contributed by atoms with E-state index in [2.05, 4.69) is 5.10 Å². The van der Waals surface area contributed by atoms with Gasteiger partial charge in [-0.25, -0.2) is 4.79 Å². The molecule has 1 aromatic rings. The van der Waals surface area contributed by atoms with Crippen molar-refractivity contribution in [3.63, 3.8) is 0 Å². The van der Waals surface area contributed by atoms with Crippen LogP contribution in [0.5, 0.6) is 5.88 Å². The molecule has 5 nitrogen and oxygen atoms in total. The molecule has 2 aliphatic carbocycles. The monoisotopic (exact) mass is 278 g/mol. The van der Waals surface area contributed by atoms with Crippen molar-refractivity contribution >= 4 is 6.09 Å². The van der Waals surface area contributed by atoms with Gasteiger partial charge in [-0.3, -0.25) is 0 Å². The van der Waals surface area contributed by atoms with Crippen LogP contribution in [0.3, 0.4) is 0 Å². The highest BCUT2D eigenvalue weighted by molar-refractivity contribution is 5.69. The molecule has 0 aromatic carbocycles. The second-order valence-corrected chi connectivity index (χ2v) is 6.91. The summed E-state index contributed by atoms with van der Waals surface area (Å²) in [5, 5.41) is 4.16. The molecule has 2 aliphatic rings. The van der Waals surface area contributed by atoms with Gasteiger partial charge in [0.1, 0.15) is 11.7 Å². The number of carbonyl (C=O) groups is 1. The highest BCUT2D eigenvalue weighted by Gasteiger charge is 2.41. The maximum Gasteiger partial charge on any atom is 0.435 e. The van der Waals surface area contributed by atoms with Crippen LogP contribution in [0.1, 0.15) is 46.5 Å². The van der Waals surface area contributed by atoms with E-state index in [1.807, 2.05) is 20.8 Å². The van der Waals surface area contributed by atoms with Crippen molar-refractivity contribution in [1.82, 2.24) is 9.78 Å². The fourth-order valence-corrected chi connectivity index (χ4v) is 3.27. The minimum atomic E-state index is -0.519. The van der Waals surface area contributed by atoms with Crippen LogP contribution < -0.4 is 4.74 Å². The summed E-state index contributed by atoms with van der Waals surface area (Å²) in [6.45, 7) is 5.50. The summed E-state index contributed by atoms with van der Waals surface area (Å²) in [6, 6.07) is 1.73. The van der Waals surface area contributed by atoms with Gasteiger partial charge in [-0.1, -0.05) is 0 Å². The molecule has 1 aromatic heterocycles. The topological polar surface area (TPSA) is 53.4 Å². The summed E-state index contributed by atoms with van der Waals surface area (Å²) in [5.41, 5.74) is -0.519. The second kappa shape index (κ2) is 4.79. The number of hydrogen-bond acceptors (Lipinski definition) is 4. The molecule has 0 N–H and O–H groups in total. The average Bonchev–Trinajstić information content (AvgIpc) is 3.01. The number of fused-ring (bicyclic) bond motifs is 2. The van der Waals surface area contributed by atoms with Gasteiger partial charge in [-0.05, 0) is 58.3 Å². The van der Waals surface area contributed by atoms with Gasteiger partial charge >= 0.3 is 6.09 Å². The molecule has 5 heteroatoms. The van der Waals surface area contributed by atoms with Gasteiger partial charge < -0.3 is 9.47 Å². The zero-order chi connectivity index (χ0) is 14.3. The zero-order valence-corrected chi connectivity index (χ0v) is 12.3. The number of ether oxygens (including phenoxy) is 2. The van der Waals surface area contributed by atoms with Crippen LogP contribution in [-0.4, -0.2) is 27.6 Å². The first-order valence-corrected chi connectivity index (χ1v) is 7.36. The fourth-order valence-electron chi connectivity index (χ4n) is 3.27. The largest absolute Gasteiger partial charge is 0.473 e. The van der Waals surface area contributed by atoms with E-state index in [0.29, 0.717) is 11.8 Å². The maximum atomic E-state index is 11.9. The summed E-state index contributed by atoms with van der Waals surface area (Å²) in [6.07, 6.45) is 6.42. The van der Waals surface area contributed by atoms with Crippen molar-refractivity contribution in [2.75, 3.05) is 0 Å². The molecule has 0 amide bonds. The lowest BCUT2D eigenvalue weighted by Crippen LogP contribution is -2.27. The summed E-state index contributed by atoms with van der Waals surface area (Å²) < 4.78 is 12.4. The lowest BCUT2D eigenvalue weighted by molar-refractivity contribution is 0.0507. The third-order valence-corrected chi connectivity index (χ3v) is 4.09. The van der Waals surface area contributed by atoms with Gasteiger partial charge in [0.25, 0.3) is 0 Å². The SMILES string of the molecule is CC(C)(C)OC(=O)n1ccc(O[C@H]2C[C@@H]3CC[C@H]2C3)n1. The van der Waals surface area contributed by atoms with E-state index in [0.717, 1.165) is 12.3 Å². The van der Waals surface area contributed by atoms with Crippen molar-refractivity contribution in [1.29, 1.82) is 0 Å². The molecule has 2 fully saturated rings. The Bertz CT molecular complexity index is 503. The smallest absolute Gasteiger partial charge is 0.435 e. The Morgan fingerprint density at radius 2 is 2.15 bits per heavy atom. The Morgan fingerprint density at radius 3 is 2.75 bits per heavy atom. The molecule has 0 spiro atoms. The van der Waals surface area contributed by atoms with Crippen molar-refractivity contribution in [3.05, 3.63) is 12.3 Å². The van der Waals surface area contributed by atoms with E-state index < -0.39 is 11.7 Å². The van der Waals surface area contributed by atoms with E-state index >= 15 is 0 Å². The van der Waals surface area contributed by atoms with Crippen molar-refractivity contribution < 1.29 is 14.3 Å². The third kappa shape index (κ3) is 2.81. The molecule has 20 heavy (non-hydrogen) atoms. The van der Waals surface area contributed by atoms with E-state index in [4.69, 9.17) is 9.47 Å². The number of rotatable bonds is 2. The third-order valence-electron chi connectivity index (χ3n) is 4.09. The Hall–Kier alpha value is -1.52. The highest BCUT2D eigenvalue weighted by atomic mass is 16.6. The molecule has 0 aliphatic heterocycles. The predicted molar refractivity (Wildman–Crippen MR) is 73.7 cm³/mol. The lowest BCUT2D eigenvalue weighted by Gasteiger charge is -2.21. The Kier molecular flexibility index (Phi) is 3.22. The first kappa shape index (κ1) is 13.5. The summed E-state index contributed by atoms with van der Waals surface area (Å²) >= 11 is 0. The molecule has 1 heterocycles. The standard InChI is InChI=1S/C15H22N2O3/c1-15(2,3)20-14(18)17-7-6-13(16-17)19-12-9-10-4-5-11(12)8-10/h6-7,10-12H,4-5,8-9H2,1-3H3/t10-,11+,12+/m1/s1. The summed E-state index contributed by atoms with van der Waals surface area (Å²) in [4.78, 5) is 11.9. The molecule has 0 radical (unpaired) electrons.